The van der Waals surface area contributed by atoms with E-state index < -0.39 is 0 Å². The van der Waals surface area contributed by atoms with Crippen LogP contribution in [0, 0.1) is 5.92 Å². The Morgan fingerprint density at radius 2 is 1.90 bits per heavy atom. The summed E-state index contributed by atoms with van der Waals surface area (Å²) in [4.78, 5) is 2.68. The zero-order valence-electron chi connectivity index (χ0n) is 13.3. The van der Waals surface area contributed by atoms with E-state index in [4.69, 9.17) is 0 Å². The Morgan fingerprint density at radius 1 is 1.15 bits per heavy atom. The predicted octanol–water partition coefficient (Wildman–Crippen LogP) is 3.85. The summed E-state index contributed by atoms with van der Waals surface area (Å²) in [6.07, 6.45) is 3.91. The van der Waals surface area contributed by atoms with Crippen LogP contribution in [0.2, 0.25) is 0 Å². The first-order valence-corrected chi connectivity index (χ1v) is 8.19. The summed E-state index contributed by atoms with van der Waals surface area (Å²) in [7, 11) is 0. The standard InChI is InChI=1S/C18H30N2/c1-15(2)10-11-16(3)20-13-7-12-19-18(14-20)17-8-5-4-6-9-17/h4-6,8-9,15-16,18-19H,7,10-14H2,1-3H3. The van der Waals surface area contributed by atoms with Crippen molar-refractivity contribution in [1.82, 2.24) is 10.2 Å². The Morgan fingerprint density at radius 3 is 2.60 bits per heavy atom. The zero-order chi connectivity index (χ0) is 14.4. The summed E-state index contributed by atoms with van der Waals surface area (Å²) >= 11 is 0. The van der Waals surface area contributed by atoms with Crippen molar-refractivity contribution in [2.24, 2.45) is 5.92 Å². The van der Waals surface area contributed by atoms with Gasteiger partial charge in [0.25, 0.3) is 0 Å². The highest BCUT2D eigenvalue weighted by atomic mass is 15.2. The van der Waals surface area contributed by atoms with Crippen LogP contribution < -0.4 is 5.32 Å². The molecule has 1 aliphatic rings. The molecule has 1 aromatic rings. The quantitative estimate of drug-likeness (QED) is 0.877. The van der Waals surface area contributed by atoms with Crippen LogP contribution >= 0.6 is 0 Å². The molecule has 0 radical (unpaired) electrons. The minimum absolute atomic E-state index is 0.486. The minimum atomic E-state index is 0.486. The molecule has 1 N–H and O–H groups in total. The summed E-state index contributed by atoms with van der Waals surface area (Å²) in [5, 5.41) is 3.71. The Kier molecular flexibility index (Phi) is 6.06. The molecule has 1 saturated heterocycles. The molecule has 0 aliphatic carbocycles. The Bertz CT molecular complexity index is 374. The van der Waals surface area contributed by atoms with Crippen LogP contribution in [0.1, 0.15) is 51.6 Å². The summed E-state index contributed by atoms with van der Waals surface area (Å²) in [5.74, 6) is 0.812. The van der Waals surface area contributed by atoms with Gasteiger partial charge in [0.1, 0.15) is 0 Å². The van der Waals surface area contributed by atoms with E-state index in [1.807, 2.05) is 0 Å². The normalized spacial score (nSPS) is 22.7. The first-order valence-electron chi connectivity index (χ1n) is 8.19. The van der Waals surface area contributed by atoms with E-state index in [2.05, 4.69) is 61.3 Å². The highest BCUT2D eigenvalue weighted by Gasteiger charge is 2.22. The van der Waals surface area contributed by atoms with Crippen LogP contribution in [0.15, 0.2) is 30.3 Å². The van der Waals surface area contributed by atoms with Crippen molar-refractivity contribution in [2.45, 2.75) is 52.1 Å². The molecule has 2 nitrogen and oxygen atoms in total. The maximum absolute atomic E-state index is 3.71. The first-order chi connectivity index (χ1) is 9.66. The molecule has 112 valence electrons. The van der Waals surface area contributed by atoms with Crippen molar-refractivity contribution in [1.29, 1.82) is 0 Å². The number of rotatable bonds is 5. The minimum Gasteiger partial charge on any atom is -0.309 e. The topological polar surface area (TPSA) is 15.3 Å². The van der Waals surface area contributed by atoms with E-state index in [-0.39, 0.29) is 0 Å². The van der Waals surface area contributed by atoms with Crippen LogP contribution in [0.3, 0.4) is 0 Å². The Labute approximate surface area is 124 Å². The van der Waals surface area contributed by atoms with Gasteiger partial charge in [0.15, 0.2) is 0 Å². The van der Waals surface area contributed by atoms with Gasteiger partial charge >= 0.3 is 0 Å². The first kappa shape index (κ1) is 15.5. The molecule has 1 heterocycles. The maximum atomic E-state index is 3.71. The van der Waals surface area contributed by atoms with Gasteiger partial charge in [0, 0.05) is 18.6 Å². The van der Waals surface area contributed by atoms with Gasteiger partial charge in [-0.25, -0.2) is 0 Å². The van der Waals surface area contributed by atoms with Crippen molar-refractivity contribution in [2.75, 3.05) is 19.6 Å². The molecule has 2 atom stereocenters. The zero-order valence-corrected chi connectivity index (χ0v) is 13.3. The molecular formula is C18H30N2. The average Bonchev–Trinajstić information content (AvgIpc) is 2.71. The second kappa shape index (κ2) is 7.80. The molecule has 20 heavy (non-hydrogen) atoms. The smallest absolute Gasteiger partial charge is 0.0449 e. The Hall–Kier alpha value is -0.860. The molecule has 1 aromatic carbocycles. The molecule has 2 rings (SSSR count). The number of nitrogens with one attached hydrogen (secondary N) is 1. The van der Waals surface area contributed by atoms with Gasteiger partial charge in [0.2, 0.25) is 0 Å². The van der Waals surface area contributed by atoms with Crippen molar-refractivity contribution >= 4 is 0 Å². The van der Waals surface area contributed by atoms with Crippen LogP contribution in [-0.2, 0) is 0 Å². The molecule has 1 fully saturated rings. The third-order valence-corrected chi connectivity index (χ3v) is 4.42. The van der Waals surface area contributed by atoms with Gasteiger partial charge in [0.05, 0.1) is 0 Å². The largest absolute Gasteiger partial charge is 0.309 e. The monoisotopic (exact) mass is 274 g/mol. The average molecular weight is 274 g/mol. The molecule has 1 aliphatic heterocycles. The van der Waals surface area contributed by atoms with Crippen molar-refractivity contribution in [3.63, 3.8) is 0 Å². The summed E-state index contributed by atoms with van der Waals surface area (Å²) in [5.41, 5.74) is 1.43. The lowest BCUT2D eigenvalue weighted by Gasteiger charge is -2.30. The SMILES string of the molecule is CC(C)CCC(C)N1CCCNC(c2ccccc2)C1. The summed E-state index contributed by atoms with van der Waals surface area (Å²) < 4.78 is 0. The number of nitrogens with zero attached hydrogens (tertiary/aromatic N) is 1. The van der Waals surface area contributed by atoms with Crippen LogP contribution in [0.5, 0.6) is 0 Å². The van der Waals surface area contributed by atoms with Gasteiger partial charge in [-0.2, -0.15) is 0 Å². The van der Waals surface area contributed by atoms with E-state index in [0.29, 0.717) is 12.1 Å². The number of hydrogen-bond donors (Lipinski definition) is 1. The molecule has 0 bridgehead atoms. The van der Waals surface area contributed by atoms with Crippen LogP contribution in [-0.4, -0.2) is 30.6 Å². The van der Waals surface area contributed by atoms with E-state index >= 15 is 0 Å². The van der Waals surface area contributed by atoms with Crippen molar-refractivity contribution in [3.05, 3.63) is 35.9 Å². The molecule has 0 amide bonds. The van der Waals surface area contributed by atoms with Gasteiger partial charge in [-0.15, -0.1) is 0 Å². The van der Waals surface area contributed by atoms with Crippen molar-refractivity contribution < 1.29 is 0 Å². The number of benzene rings is 1. The molecule has 2 unspecified atom stereocenters. The molecule has 2 heteroatoms. The predicted molar refractivity (Wildman–Crippen MR) is 86.9 cm³/mol. The van der Waals surface area contributed by atoms with Crippen LogP contribution in [0.25, 0.3) is 0 Å². The lowest BCUT2D eigenvalue weighted by Crippen LogP contribution is -2.37. The fraction of sp³-hybridized carbons (Fsp3) is 0.667. The number of hydrogen-bond acceptors (Lipinski definition) is 2. The van der Waals surface area contributed by atoms with Crippen LogP contribution in [0.4, 0.5) is 0 Å². The summed E-state index contributed by atoms with van der Waals surface area (Å²) in [6, 6.07) is 12.1. The third kappa shape index (κ3) is 4.60. The summed E-state index contributed by atoms with van der Waals surface area (Å²) in [6.45, 7) is 10.6. The van der Waals surface area contributed by atoms with E-state index in [9.17, 15) is 0 Å². The van der Waals surface area contributed by atoms with E-state index in [0.717, 1.165) is 19.0 Å². The second-order valence-electron chi connectivity index (χ2n) is 6.59. The second-order valence-corrected chi connectivity index (χ2v) is 6.59. The van der Waals surface area contributed by atoms with E-state index in [1.165, 1.54) is 31.4 Å². The fourth-order valence-electron chi connectivity index (χ4n) is 3.01. The fourth-order valence-corrected chi connectivity index (χ4v) is 3.01. The van der Waals surface area contributed by atoms with Gasteiger partial charge in [-0.05, 0) is 50.8 Å². The molecular weight excluding hydrogens is 244 g/mol. The third-order valence-electron chi connectivity index (χ3n) is 4.42. The molecule has 0 aromatic heterocycles. The van der Waals surface area contributed by atoms with Gasteiger partial charge in [-0.1, -0.05) is 44.2 Å². The van der Waals surface area contributed by atoms with Gasteiger partial charge < -0.3 is 5.32 Å². The van der Waals surface area contributed by atoms with Gasteiger partial charge in [-0.3, -0.25) is 4.90 Å². The Balaban J connectivity index is 1.96. The lowest BCUT2D eigenvalue weighted by atomic mass is 10.0. The highest BCUT2D eigenvalue weighted by molar-refractivity contribution is 5.19. The van der Waals surface area contributed by atoms with E-state index in [1.54, 1.807) is 0 Å². The maximum Gasteiger partial charge on any atom is 0.0449 e. The van der Waals surface area contributed by atoms with Crippen molar-refractivity contribution in [3.8, 4) is 0 Å². The lowest BCUT2D eigenvalue weighted by molar-refractivity contribution is 0.189. The molecule has 0 spiro atoms. The highest BCUT2D eigenvalue weighted by Crippen LogP contribution is 2.20. The molecule has 0 saturated carbocycles.